The van der Waals surface area contributed by atoms with Crippen molar-refractivity contribution >= 4 is 42.2 Å². The number of carbonyl (C=O) groups is 3. The van der Waals surface area contributed by atoms with Crippen LogP contribution in [-0.2, 0) is 27.3 Å². The first-order valence-electron chi connectivity index (χ1n) is 11.6. The average molecular weight is 511 g/mol. The number of hydrogen-bond acceptors (Lipinski definition) is 7. The number of carbonyl (C=O) groups excluding carboxylic acids is 2. The fourth-order valence-electron chi connectivity index (χ4n) is 4.44. The van der Waals surface area contributed by atoms with Gasteiger partial charge in [-0.05, 0) is 42.5 Å². The van der Waals surface area contributed by atoms with Gasteiger partial charge in [0.2, 0.25) is 11.8 Å². The average Bonchev–Trinajstić information content (AvgIpc) is 2.80. The van der Waals surface area contributed by atoms with E-state index in [1.807, 2.05) is 56.3 Å². The van der Waals surface area contributed by atoms with E-state index in [0.717, 1.165) is 11.1 Å². The van der Waals surface area contributed by atoms with Gasteiger partial charge in [0.1, 0.15) is 12.1 Å². The van der Waals surface area contributed by atoms with E-state index >= 15 is 0 Å². The van der Waals surface area contributed by atoms with Gasteiger partial charge in [0.05, 0.1) is 6.04 Å². The summed E-state index contributed by atoms with van der Waals surface area (Å²) in [6, 6.07) is 5.31. The topological polar surface area (TPSA) is 116 Å². The number of nitrogens with two attached hydrogens (primary N) is 1. The van der Waals surface area contributed by atoms with Gasteiger partial charge in [-0.3, -0.25) is 14.5 Å². The van der Waals surface area contributed by atoms with Crippen LogP contribution in [0.25, 0.3) is 0 Å². The van der Waals surface area contributed by atoms with E-state index < -0.39 is 30.0 Å². The molecule has 1 aromatic rings. The van der Waals surface area contributed by atoms with Crippen molar-refractivity contribution in [2.24, 2.45) is 11.7 Å². The molecule has 0 spiro atoms. The van der Waals surface area contributed by atoms with Crippen molar-refractivity contribution in [3.8, 4) is 0 Å². The van der Waals surface area contributed by atoms with Gasteiger partial charge in [0.25, 0.3) is 0 Å². The predicted octanol–water partition coefficient (Wildman–Crippen LogP) is 1.48. The number of aliphatic carboxylic acids is 1. The van der Waals surface area contributed by atoms with E-state index in [1.54, 1.807) is 4.90 Å². The highest BCUT2D eigenvalue weighted by atomic mass is 32.2. The van der Waals surface area contributed by atoms with Crippen LogP contribution in [0.5, 0.6) is 0 Å². The maximum absolute atomic E-state index is 13.9. The number of thiol groups is 1. The summed E-state index contributed by atoms with van der Waals surface area (Å²) in [5, 5.41) is 12.3. The van der Waals surface area contributed by atoms with Crippen molar-refractivity contribution in [1.29, 1.82) is 0 Å². The summed E-state index contributed by atoms with van der Waals surface area (Å²) in [5.41, 5.74) is 8.08. The van der Waals surface area contributed by atoms with E-state index in [2.05, 4.69) is 17.9 Å². The second-order valence-corrected chi connectivity index (χ2v) is 10.6. The number of fused-ring (bicyclic) bond motifs is 1. The van der Waals surface area contributed by atoms with E-state index in [4.69, 9.17) is 5.73 Å². The van der Waals surface area contributed by atoms with Crippen LogP contribution in [-0.4, -0.2) is 88.2 Å². The molecule has 3 unspecified atom stereocenters. The first-order valence-corrected chi connectivity index (χ1v) is 13.6. The Morgan fingerprint density at radius 1 is 1.29 bits per heavy atom. The van der Waals surface area contributed by atoms with Crippen LogP contribution in [0.15, 0.2) is 24.3 Å². The van der Waals surface area contributed by atoms with Crippen molar-refractivity contribution in [2.45, 2.75) is 57.4 Å². The smallest absolute Gasteiger partial charge is 0.326 e. The van der Waals surface area contributed by atoms with Crippen molar-refractivity contribution in [1.82, 2.24) is 15.1 Å². The molecule has 34 heavy (non-hydrogen) atoms. The number of thioether (sulfide) groups is 1. The third-order valence-corrected chi connectivity index (χ3v) is 7.29. The number of benzene rings is 1. The van der Waals surface area contributed by atoms with Gasteiger partial charge in [-0.2, -0.15) is 24.4 Å². The van der Waals surface area contributed by atoms with Crippen molar-refractivity contribution < 1.29 is 19.5 Å². The summed E-state index contributed by atoms with van der Waals surface area (Å²) in [6.45, 7) is 4.74. The molecule has 0 fully saturated rings. The number of rotatable bonds is 12. The number of amides is 2. The zero-order chi connectivity index (χ0) is 25.4. The number of nitrogens with one attached hydrogen (secondary N) is 1. The van der Waals surface area contributed by atoms with Crippen LogP contribution in [0.3, 0.4) is 0 Å². The van der Waals surface area contributed by atoms with E-state index in [9.17, 15) is 19.5 Å². The lowest BCUT2D eigenvalue weighted by atomic mass is 9.91. The quantitative estimate of drug-likeness (QED) is 0.315. The Morgan fingerprint density at radius 2 is 1.94 bits per heavy atom. The highest BCUT2D eigenvalue weighted by Crippen LogP contribution is 2.26. The highest BCUT2D eigenvalue weighted by molar-refractivity contribution is 7.98. The van der Waals surface area contributed by atoms with E-state index in [0.29, 0.717) is 37.4 Å². The van der Waals surface area contributed by atoms with Gasteiger partial charge in [-0.25, -0.2) is 4.79 Å². The van der Waals surface area contributed by atoms with Gasteiger partial charge < -0.3 is 21.1 Å². The van der Waals surface area contributed by atoms with Crippen LogP contribution in [0.2, 0.25) is 0 Å². The first kappa shape index (κ1) is 28.5. The number of carboxylic acids is 1. The molecule has 0 bridgehead atoms. The Morgan fingerprint density at radius 3 is 2.50 bits per heavy atom. The fourth-order valence-corrected chi connectivity index (χ4v) is 5.03. The molecule has 2 amide bonds. The molecular formula is C24H38N4O4S2. The summed E-state index contributed by atoms with van der Waals surface area (Å²) in [7, 11) is 1.86. The molecule has 1 aromatic carbocycles. The van der Waals surface area contributed by atoms with Crippen LogP contribution in [0.1, 0.15) is 31.4 Å². The molecule has 0 saturated carbocycles. The molecule has 0 saturated heterocycles. The predicted molar refractivity (Wildman–Crippen MR) is 140 cm³/mol. The summed E-state index contributed by atoms with van der Waals surface area (Å²) < 4.78 is 0. The summed E-state index contributed by atoms with van der Waals surface area (Å²) in [4.78, 5) is 42.5. The zero-order valence-corrected chi connectivity index (χ0v) is 22.1. The standard InChI is InChI=1S/C24H38N4O4S2/c1-15(2)21(27(3)13-18(25)14-33)23(30)28-12-17-8-6-5-7-16(17)11-20(28)22(29)26-19(24(31)32)9-10-34-4/h5-8,15,18-21,33H,9-14,25H2,1-4H3,(H,26,29)(H,31,32)/t18?,19?,20?,21-/m0/s1. The van der Waals surface area contributed by atoms with E-state index in [-0.39, 0.29) is 17.9 Å². The maximum Gasteiger partial charge on any atom is 0.326 e. The molecule has 8 nitrogen and oxygen atoms in total. The molecule has 190 valence electrons. The largest absolute Gasteiger partial charge is 0.480 e. The van der Waals surface area contributed by atoms with Crippen molar-refractivity contribution in [3.05, 3.63) is 35.4 Å². The monoisotopic (exact) mass is 510 g/mol. The number of nitrogens with zero attached hydrogens (tertiary/aromatic N) is 2. The SMILES string of the molecule is CSCCC(NC(=O)C1Cc2ccccc2CN1C(=O)[C@H](C(C)C)N(C)CC(N)CS)C(=O)O. The van der Waals surface area contributed by atoms with Crippen LogP contribution >= 0.6 is 24.4 Å². The van der Waals surface area contributed by atoms with Crippen LogP contribution in [0, 0.1) is 5.92 Å². The molecule has 0 aliphatic carbocycles. The molecule has 0 aromatic heterocycles. The van der Waals surface area contributed by atoms with Crippen molar-refractivity contribution in [3.63, 3.8) is 0 Å². The van der Waals surface area contributed by atoms with Gasteiger partial charge in [-0.15, -0.1) is 0 Å². The molecule has 0 radical (unpaired) electrons. The molecule has 4 N–H and O–H groups in total. The second kappa shape index (κ2) is 13.4. The molecular weight excluding hydrogens is 472 g/mol. The Hall–Kier alpha value is -1.75. The lowest BCUT2D eigenvalue weighted by molar-refractivity contribution is -0.148. The van der Waals surface area contributed by atoms with Gasteiger partial charge >= 0.3 is 5.97 Å². The first-order chi connectivity index (χ1) is 16.1. The number of hydrogen-bond donors (Lipinski definition) is 4. The Labute approximate surface area is 212 Å². The van der Waals surface area contributed by atoms with E-state index in [1.165, 1.54) is 11.8 Å². The molecule has 10 heteroatoms. The Kier molecular flexibility index (Phi) is 11.2. The highest BCUT2D eigenvalue weighted by Gasteiger charge is 2.40. The summed E-state index contributed by atoms with van der Waals surface area (Å²) in [6.07, 6.45) is 2.55. The Balaban J connectivity index is 2.35. The minimum atomic E-state index is -1.07. The second-order valence-electron chi connectivity index (χ2n) is 9.21. The lowest BCUT2D eigenvalue weighted by Crippen LogP contribution is -2.60. The molecule has 4 atom stereocenters. The van der Waals surface area contributed by atoms with Crippen LogP contribution < -0.4 is 11.1 Å². The minimum absolute atomic E-state index is 0.0150. The third kappa shape index (κ3) is 7.37. The normalized spacial score (nSPS) is 18.4. The third-order valence-electron chi connectivity index (χ3n) is 6.18. The van der Waals surface area contributed by atoms with Gasteiger partial charge in [0, 0.05) is 31.3 Å². The number of likely N-dealkylation sites (N-methyl/N-ethyl adjacent to an activating group) is 1. The minimum Gasteiger partial charge on any atom is -0.480 e. The fraction of sp³-hybridized carbons (Fsp3) is 0.625. The maximum atomic E-state index is 13.9. The number of carboxylic acid groups (broad SMARTS) is 1. The Bertz CT molecular complexity index is 854. The van der Waals surface area contributed by atoms with Gasteiger partial charge in [-0.1, -0.05) is 38.1 Å². The van der Waals surface area contributed by atoms with Crippen molar-refractivity contribution in [2.75, 3.05) is 31.4 Å². The molecule has 1 aliphatic heterocycles. The van der Waals surface area contributed by atoms with Gasteiger partial charge in [0.15, 0.2) is 0 Å². The molecule has 1 heterocycles. The molecule has 1 aliphatic rings. The zero-order valence-electron chi connectivity index (χ0n) is 20.4. The lowest BCUT2D eigenvalue weighted by Gasteiger charge is -2.41. The summed E-state index contributed by atoms with van der Waals surface area (Å²) in [5.74, 6) is -0.573. The molecule has 2 rings (SSSR count). The van der Waals surface area contributed by atoms with Crippen LogP contribution in [0.4, 0.5) is 0 Å². The summed E-state index contributed by atoms with van der Waals surface area (Å²) >= 11 is 5.78.